The van der Waals surface area contributed by atoms with Crippen LogP contribution in [0.2, 0.25) is 0 Å². The first-order chi connectivity index (χ1) is 10.3. The van der Waals surface area contributed by atoms with Gasteiger partial charge in [0.15, 0.2) is 0 Å². The van der Waals surface area contributed by atoms with Gasteiger partial charge in [-0.15, -0.1) is 0 Å². The molecule has 0 fully saturated rings. The molecule has 0 aromatic heterocycles. The monoisotopic (exact) mass is 299 g/mol. The van der Waals surface area contributed by atoms with Gasteiger partial charge in [-0.1, -0.05) is 30.3 Å². The summed E-state index contributed by atoms with van der Waals surface area (Å²) in [6.45, 7) is 5.17. The fraction of sp³-hybridized carbons (Fsp3) is 0.235. The van der Waals surface area contributed by atoms with Crippen molar-refractivity contribution in [1.29, 1.82) is 0 Å². The van der Waals surface area contributed by atoms with Crippen LogP contribution in [0.25, 0.3) is 0 Å². The number of benzene rings is 2. The average Bonchev–Trinajstić information content (AvgIpc) is 2.47. The van der Waals surface area contributed by atoms with Crippen LogP contribution >= 0.6 is 0 Å². The van der Waals surface area contributed by atoms with Crippen molar-refractivity contribution >= 4 is 11.7 Å². The number of hydrogen-bond acceptors (Lipinski definition) is 4. The van der Waals surface area contributed by atoms with Crippen LogP contribution < -0.4 is 4.74 Å². The summed E-state index contributed by atoms with van der Waals surface area (Å²) in [7, 11) is 0. The minimum absolute atomic E-state index is 0.00196. The van der Waals surface area contributed by atoms with Crippen LogP contribution in [0.1, 0.15) is 25.0 Å². The molecule has 0 radical (unpaired) electrons. The van der Waals surface area contributed by atoms with Crippen molar-refractivity contribution in [2.45, 2.75) is 26.2 Å². The molecule has 2 rings (SSSR count). The minimum Gasteiger partial charge on any atom is -0.426 e. The largest absolute Gasteiger partial charge is 0.426 e. The molecule has 0 spiro atoms. The summed E-state index contributed by atoms with van der Waals surface area (Å²) >= 11 is 0. The first-order valence-electron chi connectivity index (χ1n) is 6.85. The summed E-state index contributed by atoms with van der Waals surface area (Å²) < 4.78 is 5.39. The van der Waals surface area contributed by atoms with E-state index in [0.29, 0.717) is 11.3 Å². The first kappa shape index (κ1) is 15.7. The zero-order valence-corrected chi connectivity index (χ0v) is 12.7. The molecular formula is C17H17NO4. The predicted molar refractivity (Wildman–Crippen MR) is 82.9 cm³/mol. The van der Waals surface area contributed by atoms with Crippen LogP contribution in [0.15, 0.2) is 48.5 Å². The Morgan fingerprint density at radius 1 is 1.14 bits per heavy atom. The van der Waals surface area contributed by atoms with Gasteiger partial charge >= 0.3 is 5.97 Å². The van der Waals surface area contributed by atoms with Crippen LogP contribution in [0.5, 0.6) is 5.75 Å². The minimum atomic E-state index is -0.809. The second kappa shape index (κ2) is 5.97. The lowest BCUT2D eigenvalue weighted by molar-refractivity contribution is -0.385. The zero-order valence-electron chi connectivity index (χ0n) is 12.7. The number of esters is 1. The van der Waals surface area contributed by atoms with Gasteiger partial charge in [0.05, 0.1) is 10.3 Å². The standard InChI is InChI=1S/C17H17NO4/c1-12-11-14(9-10-15(12)18(20)21)22-16(19)17(2,3)13-7-5-4-6-8-13/h4-11H,1-3H3. The van der Waals surface area contributed by atoms with Gasteiger partial charge in [-0.05, 0) is 38.5 Å². The van der Waals surface area contributed by atoms with Crippen molar-refractivity contribution in [3.05, 3.63) is 69.8 Å². The number of carbonyl (C=O) groups excluding carboxylic acids is 1. The SMILES string of the molecule is Cc1cc(OC(=O)C(C)(C)c2ccccc2)ccc1[N+](=O)[O-]. The number of aryl methyl sites for hydroxylation is 1. The molecule has 5 nitrogen and oxygen atoms in total. The Balaban J connectivity index is 2.22. The maximum atomic E-state index is 12.4. The van der Waals surface area contributed by atoms with Gasteiger partial charge in [-0.2, -0.15) is 0 Å². The summed E-state index contributed by atoms with van der Waals surface area (Å²) in [6.07, 6.45) is 0. The number of nitro groups is 1. The van der Waals surface area contributed by atoms with Crippen LogP contribution in [0.4, 0.5) is 5.69 Å². The molecule has 114 valence electrons. The van der Waals surface area contributed by atoms with Crippen molar-refractivity contribution in [2.24, 2.45) is 0 Å². The average molecular weight is 299 g/mol. The van der Waals surface area contributed by atoms with Gasteiger partial charge in [-0.25, -0.2) is 0 Å². The highest BCUT2D eigenvalue weighted by Crippen LogP contribution is 2.28. The lowest BCUT2D eigenvalue weighted by Gasteiger charge is -2.23. The summed E-state index contributed by atoms with van der Waals surface area (Å²) in [5.74, 6) is -0.107. The van der Waals surface area contributed by atoms with E-state index in [4.69, 9.17) is 4.74 Å². The molecule has 0 N–H and O–H groups in total. The van der Waals surface area contributed by atoms with E-state index in [1.54, 1.807) is 20.8 Å². The Morgan fingerprint density at radius 3 is 2.32 bits per heavy atom. The van der Waals surface area contributed by atoms with Crippen molar-refractivity contribution in [2.75, 3.05) is 0 Å². The second-order valence-corrected chi connectivity index (χ2v) is 5.59. The number of carbonyl (C=O) groups is 1. The van der Waals surface area contributed by atoms with Gasteiger partial charge in [0.1, 0.15) is 5.75 Å². The van der Waals surface area contributed by atoms with Crippen molar-refractivity contribution in [3.8, 4) is 5.75 Å². The third-order valence-corrected chi connectivity index (χ3v) is 3.58. The Labute approximate surface area is 128 Å². The Morgan fingerprint density at radius 2 is 1.77 bits per heavy atom. The third kappa shape index (κ3) is 3.14. The summed E-state index contributed by atoms with van der Waals surface area (Å²) in [5.41, 5.74) is 0.491. The van der Waals surface area contributed by atoms with E-state index in [1.807, 2.05) is 30.3 Å². The fourth-order valence-electron chi connectivity index (χ4n) is 2.10. The number of nitro benzene ring substituents is 1. The van der Waals surface area contributed by atoms with Crippen molar-refractivity contribution in [1.82, 2.24) is 0 Å². The van der Waals surface area contributed by atoms with E-state index in [-0.39, 0.29) is 5.69 Å². The maximum Gasteiger partial charge on any atom is 0.321 e. The lowest BCUT2D eigenvalue weighted by atomic mass is 9.85. The lowest BCUT2D eigenvalue weighted by Crippen LogP contribution is -2.33. The topological polar surface area (TPSA) is 69.4 Å². The molecule has 0 saturated carbocycles. The molecule has 0 aliphatic carbocycles. The molecule has 2 aromatic carbocycles. The highest BCUT2D eigenvalue weighted by Gasteiger charge is 2.32. The molecule has 0 saturated heterocycles. The van der Waals surface area contributed by atoms with Crippen LogP contribution in [-0.2, 0) is 10.2 Å². The quantitative estimate of drug-likeness (QED) is 0.373. The van der Waals surface area contributed by atoms with E-state index in [2.05, 4.69) is 0 Å². The van der Waals surface area contributed by atoms with Crippen LogP contribution in [0.3, 0.4) is 0 Å². The van der Waals surface area contributed by atoms with Gasteiger partial charge in [-0.3, -0.25) is 14.9 Å². The van der Waals surface area contributed by atoms with Gasteiger partial charge in [0.25, 0.3) is 5.69 Å². The van der Waals surface area contributed by atoms with E-state index in [0.717, 1.165) is 5.56 Å². The molecular weight excluding hydrogens is 282 g/mol. The zero-order chi connectivity index (χ0) is 16.3. The molecule has 5 heteroatoms. The van der Waals surface area contributed by atoms with E-state index in [1.165, 1.54) is 18.2 Å². The first-order valence-corrected chi connectivity index (χ1v) is 6.85. The Bertz CT molecular complexity index is 708. The van der Waals surface area contributed by atoms with E-state index >= 15 is 0 Å². The molecule has 0 aliphatic rings. The van der Waals surface area contributed by atoms with E-state index in [9.17, 15) is 14.9 Å². The molecule has 2 aromatic rings. The second-order valence-electron chi connectivity index (χ2n) is 5.59. The number of rotatable bonds is 4. The molecule has 22 heavy (non-hydrogen) atoms. The molecule has 0 aliphatic heterocycles. The summed E-state index contributed by atoms with van der Waals surface area (Å²) in [6, 6.07) is 13.6. The molecule has 0 heterocycles. The summed E-state index contributed by atoms with van der Waals surface area (Å²) in [5, 5.41) is 10.8. The highest BCUT2D eigenvalue weighted by atomic mass is 16.6. The third-order valence-electron chi connectivity index (χ3n) is 3.58. The molecule has 0 atom stereocenters. The predicted octanol–water partition coefficient (Wildman–Crippen LogP) is 3.79. The fourth-order valence-corrected chi connectivity index (χ4v) is 2.10. The van der Waals surface area contributed by atoms with Crippen LogP contribution in [-0.4, -0.2) is 10.9 Å². The Hall–Kier alpha value is -2.69. The number of hydrogen-bond donors (Lipinski definition) is 0. The highest BCUT2D eigenvalue weighted by molar-refractivity contribution is 5.84. The van der Waals surface area contributed by atoms with Crippen LogP contribution in [0, 0.1) is 17.0 Å². The number of nitrogens with zero attached hydrogens (tertiary/aromatic N) is 1. The van der Waals surface area contributed by atoms with E-state index < -0.39 is 16.3 Å². The number of ether oxygens (including phenoxy) is 1. The normalized spacial score (nSPS) is 11.0. The van der Waals surface area contributed by atoms with Gasteiger partial charge in [0, 0.05) is 11.6 Å². The summed E-state index contributed by atoms with van der Waals surface area (Å²) in [4.78, 5) is 22.7. The Kier molecular flexibility index (Phi) is 4.26. The molecule has 0 unspecified atom stereocenters. The van der Waals surface area contributed by atoms with Gasteiger partial charge < -0.3 is 4.74 Å². The van der Waals surface area contributed by atoms with Crippen molar-refractivity contribution < 1.29 is 14.5 Å². The molecule has 0 bridgehead atoms. The van der Waals surface area contributed by atoms with Gasteiger partial charge in [0.2, 0.25) is 0 Å². The van der Waals surface area contributed by atoms with Crippen molar-refractivity contribution in [3.63, 3.8) is 0 Å². The smallest absolute Gasteiger partial charge is 0.321 e. The molecule has 0 amide bonds. The maximum absolute atomic E-state index is 12.4.